The second kappa shape index (κ2) is 6.21. The van der Waals surface area contributed by atoms with E-state index in [2.05, 4.69) is 10.1 Å². The number of hydrogen-bond donors (Lipinski definition) is 2. The van der Waals surface area contributed by atoms with Crippen molar-refractivity contribution >= 4 is 11.7 Å². The maximum absolute atomic E-state index is 12.0. The maximum Gasteiger partial charge on any atom is 0.573 e. The van der Waals surface area contributed by atoms with Gasteiger partial charge < -0.3 is 20.7 Å². The maximum atomic E-state index is 12.0. The summed E-state index contributed by atoms with van der Waals surface area (Å²) < 4.78 is 39.8. The number of alkyl halides is 3. The Hall–Kier alpha value is -1.96. The number of amides is 2. The Bertz CT molecular complexity index is 486. The van der Waals surface area contributed by atoms with Crippen LogP contribution in [0.2, 0.25) is 0 Å². The van der Waals surface area contributed by atoms with Gasteiger partial charge >= 0.3 is 12.4 Å². The van der Waals surface area contributed by atoms with E-state index in [4.69, 9.17) is 5.73 Å². The van der Waals surface area contributed by atoms with Gasteiger partial charge in [-0.25, -0.2) is 4.79 Å². The fraction of sp³-hybridized carbons (Fsp3) is 0.462. The normalized spacial score (nSPS) is 12.0. The molecule has 1 rings (SSSR count). The van der Waals surface area contributed by atoms with Crippen LogP contribution in [0.25, 0.3) is 0 Å². The van der Waals surface area contributed by atoms with Gasteiger partial charge in [-0.05, 0) is 38.1 Å². The van der Waals surface area contributed by atoms with E-state index in [0.29, 0.717) is 5.69 Å². The van der Waals surface area contributed by atoms with E-state index in [1.807, 2.05) is 0 Å². The van der Waals surface area contributed by atoms with Gasteiger partial charge in [0, 0.05) is 19.3 Å². The third kappa shape index (κ3) is 5.14. The molecule has 21 heavy (non-hydrogen) atoms. The third-order valence-corrected chi connectivity index (χ3v) is 3.05. The zero-order chi connectivity index (χ0) is 16.3. The largest absolute Gasteiger partial charge is 0.573 e. The highest BCUT2D eigenvalue weighted by Crippen LogP contribution is 2.24. The summed E-state index contributed by atoms with van der Waals surface area (Å²) >= 11 is 0. The van der Waals surface area contributed by atoms with Gasteiger partial charge in [0.05, 0.1) is 5.54 Å². The number of likely N-dealkylation sites (N-methyl/N-ethyl adjacent to an activating group) is 1. The second-order valence-corrected chi connectivity index (χ2v) is 5.08. The zero-order valence-electron chi connectivity index (χ0n) is 12.0. The lowest BCUT2D eigenvalue weighted by Crippen LogP contribution is -2.51. The van der Waals surface area contributed by atoms with E-state index in [1.165, 1.54) is 17.0 Å². The first-order chi connectivity index (χ1) is 9.55. The molecule has 0 fully saturated rings. The summed E-state index contributed by atoms with van der Waals surface area (Å²) in [6, 6.07) is 4.48. The number of nitrogens with one attached hydrogen (secondary N) is 1. The van der Waals surface area contributed by atoms with E-state index < -0.39 is 17.9 Å². The fourth-order valence-corrected chi connectivity index (χ4v) is 1.36. The van der Waals surface area contributed by atoms with Gasteiger partial charge in [0.25, 0.3) is 0 Å². The third-order valence-electron chi connectivity index (χ3n) is 3.05. The van der Waals surface area contributed by atoms with Crippen LogP contribution in [-0.2, 0) is 0 Å². The average molecular weight is 305 g/mol. The fourth-order valence-electron chi connectivity index (χ4n) is 1.36. The summed E-state index contributed by atoms with van der Waals surface area (Å²) in [5.41, 5.74) is 5.39. The zero-order valence-corrected chi connectivity index (χ0v) is 12.0. The van der Waals surface area contributed by atoms with Gasteiger partial charge in [-0.2, -0.15) is 0 Å². The highest BCUT2D eigenvalue weighted by molar-refractivity contribution is 5.89. The first-order valence-electron chi connectivity index (χ1n) is 6.16. The highest BCUT2D eigenvalue weighted by atomic mass is 19.4. The monoisotopic (exact) mass is 305 g/mol. The van der Waals surface area contributed by atoms with Crippen LogP contribution in [0.15, 0.2) is 24.3 Å². The molecule has 3 N–H and O–H groups in total. The molecule has 118 valence electrons. The van der Waals surface area contributed by atoms with Crippen LogP contribution in [0.1, 0.15) is 13.8 Å². The molecule has 1 aromatic carbocycles. The number of halogens is 3. The molecule has 0 saturated heterocycles. The van der Waals surface area contributed by atoms with Crippen LogP contribution >= 0.6 is 0 Å². The number of benzene rings is 1. The molecule has 5 nitrogen and oxygen atoms in total. The molecule has 0 atom stereocenters. The molecule has 0 bridgehead atoms. The number of hydrogen-bond acceptors (Lipinski definition) is 3. The van der Waals surface area contributed by atoms with E-state index in [-0.39, 0.29) is 12.3 Å². The van der Waals surface area contributed by atoms with Crippen LogP contribution in [0.5, 0.6) is 5.75 Å². The van der Waals surface area contributed by atoms with Crippen LogP contribution < -0.4 is 15.8 Å². The van der Waals surface area contributed by atoms with E-state index in [0.717, 1.165) is 12.1 Å². The number of carbonyl (C=O) groups is 1. The van der Waals surface area contributed by atoms with Crippen molar-refractivity contribution in [2.45, 2.75) is 25.7 Å². The summed E-state index contributed by atoms with van der Waals surface area (Å²) in [4.78, 5) is 13.4. The number of nitrogens with two attached hydrogens (primary N) is 1. The minimum Gasteiger partial charge on any atom is -0.406 e. The molecular weight excluding hydrogens is 287 g/mol. The van der Waals surface area contributed by atoms with Crippen LogP contribution in [0.4, 0.5) is 23.7 Å². The van der Waals surface area contributed by atoms with E-state index >= 15 is 0 Å². The van der Waals surface area contributed by atoms with Crippen molar-refractivity contribution < 1.29 is 22.7 Å². The smallest absolute Gasteiger partial charge is 0.406 e. The lowest BCUT2D eigenvalue weighted by Gasteiger charge is -2.34. The van der Waals surface area contributed by atoms with Gasteiger partial charge in [0.2, 0.25) is 0 Å². The Balaban J connectivity index is 2.70. The molecule has 0 aliphatic rings. The number of anilines is 1. The number of urea groups is 1. The summed E-state index contributed by atoms with van der Waals surface area (Å²) in [7, 11) is 1.59. The number of ether oxygens (including phenoxy) is 1. The minimum atomic E-state index is -4.74. The lowest BCUT2D eigenvalue weighted by molar-refractivity contribution is -0.274. The number of nitrogens with zero attached hydrogens (tertiary/aromatic N) is 1. The van der Waals surface area contributed by atoms with Crippen molar-refractivity contribution in [3.63, 3.8) is 0 Å². The van der Waals surface area contributed by atoms with Gasteiger partial charge in [0.1, 0.15) is 5.75 Å². The molecule has 0 radical (unpaired) electrons. The van der Waals surface area contributed by atoms with Crippen molar-refractivity contribution in [3.05, 3.63) is 24.3 Å². The summed E-state index contributed by atoms with van der Waals surface area (Å²) in [5.74, 6) is -0.351. The Morgan fingerprint density at radius 1 is 1.29 bits per heavy atom. The van der Waals surface area contributed by atoms with Gasteiger partial charge in [0.15, 0.2) is 0 Å². The number of rotatable bonds is 4. The number of carbonyl (C=O) groups excluding carboxylic acids is 1. The summed E-state index contributed by atoms with van der Waals surface area (Å²) in [5, 5.41) is 2.57. The van der Waals surface area contributed by atoms with E-state index in [9.17, 15) is 18.0 Å². The highest BCUT2D eigenvalue weighted by Gasteiger charge is 2.31. The minimum absolute atomic E-state index is 0.273. The van der Waals surface area contributed by atoms with Crippen molar-refractivity contribution in [1.29, 1.82) is 0 Å². The quantitative estimate of drug-likeness (QED) is 0.899. The van der Waals surface area contributed by atoms with Crippen LogP contribution in [-0.4, -0.2) is 36.4 Å². The lowest BCUT2D eigenvalue weighted by atomic mass is 10.1. The Morgan fingerprint density at radius 3 is 2.24 bits per heavy atom. The average Bonchev–Trinajstić information content (AvgIpc) is 2.38. The summed E-state index contributed by atoms with van der Waals surface area (Å²) in [6.45, 7) is 3.87. The van der Waals surface area contributed by atoms with Crippen molar-refractivity contribution in [2.75, 3.05) is 18.9 Å². The molecular formula is C13H18F3N3O2. The Morgan fingerprint density at radius 2 is 1.81 bits per heavy atom. The van der Waals surface area contributed by atoms with Crippen LogP contribution in [0, 0.1) is 0 Å². The SMILES string of the molecule is CN(C(=O)Nc1ccc(OC(F)(F)F)cc1)C(C)(C)CN. The molecule has 0 aliphatic carbocycles. The molecule has 2 amide bonds. The second-order valence-electron chi connectivity index (χ2n) is 5.08. The van der Waals surface area contributed by atoms with Gasteiger partial charge in [-0.15, -0.1) is 13.2 Å². The van der Waals surface area contributed by atoms with Crippen molar-refractivity contribution in [3.8, 4) is 5.75 Å². The Kier molecular flexibility index (Phi) is 5.06. The summed E-state index contributed by atoms with van der Waals surface area (Å²) in [6.07, 6.45) is -4.74. The molecule has 1 aromatic rings. The van der Waals surface area contributed by atoms with Crippen molar-refractivity contribution in [2.24, 2.45) is 5.73 Å². The topological polar surface area (TPSA) is 67.6 Å². The molecule has 0 aliphatic heterocycles. The molecule has 0 aromatic heterocycles. The predicted molar refractivity (Wildman–Crippen MR) is 73.0 cm³/mol. The van der Waals surface area contributed by atoms with Crippen LogP contribution in [0.3, 0.4) is 0 Å². The molecule has 0 saturated carbocycles. The van der Waals surface area contributed by atoms with Gasteiger partial charge in [-0.3, -0.25) is 0 Å². The standard InChI is InChI=1S/C13H18F3N3O2/c1-12(2,8-17)19(3)11(20)18-9-4-6-10(7-5-9)21-13(14,15)16/h4-7H,8,17H2,1-3H3,(H,18,20). The predicted octanol–water partition coefficient (Wildman–Crippen LogP) is 2.79. The van der Waals surface area contributed by atoms with Gasteiger partial charge in [-0.1, -0.05) is 0 Å². The molecule has 0 unspecified atom stereocenters. The van der Waals surface area contributed by atoms with E-state index in [1.54, 1.807) is 20.9 Å². The molecule has 0 spiro atoms. The first kappa shape index (κ1) is 17.1. The molecule has 0 heterocycles. The molecule has 8 heteroatoms. The first-order valence-corrected chi connectivity index (χ1v) is 6.16. The Labute approximate surface area is 120 Å². The van der Waals surface area contributed by atoms with Crippen molar-refractivity contribution in [1.82, 2.24) is 4.90 Å².